The van der Waals surface area contributed by atoms with Crippen LogP contribution in [0.15, 0.2) is 24.3 Å². The van der Waals surface area contributed by atoms with Gasteiger partial charge in [0, 0.05) is 25.6 Å². The van der Waals surface area contributed by atoms with Gasteiger partial charge in [-0.2, -0.15) is 0 Å². The SMILES string of the molecule is COCC(=O)N1CCC(=O)c2ccccc21. The van der Waals surface area contributed by atoms with Crippen molar-refractivity contribution in [3.05, 3.63) is 29.8 Å². The van der Waals surface area contributed by atoms with Gasteiger partial charge in [0.2, 0.25) is 0 Å². The fourth-order valence-electron chi connectivity index (χ4n) is 1.87. The Morgan fingerprint density at radius 1 is 1.44 bits per heavy atom. The molecule has 0 bridgehead atoms. The zero-order chi connectivity index (χ0) is 11.5. The zero-order valence-electron chi connectivity index (χ0n) is 9.10. The summed E-state index contributed by atoms with van der Waals surface area (Å²) in [6, 6.07) is 7.18. The lowest BCUT2D eigenvalue weighted by molar-refractivity contribution is -0.122. The summed E-state index contributed by atoms with van der Waals surface area (Å²) in [5, 5.41) is 0. The van der Waals surface area contributed by atoms with Crippen molar-refractivity contribution in [2.45, 2.75) is 6.42 Å². The average molecular weight is 219 g/mol. The molecule has 0 atom stereocenters. The van der Waals surface area contributed by atoms with Crippen molar-refractivity contribution in [3.8, 4) is 0 Å². The first-order chi connectivity index (χ1) is 7.74. The number of carbonyl (C=O) groups excluding carboxylic acids is 2. The number of fused-ring (bicyclic) bond motifs is 1. The van der Waals surface area contributed by atoms with Crippen molar-refractivity contribution in [1.29, 1.82) is 0 Å². The van der Waals surface area contributed by atoms with Crippen LogP contribution in [0.4, 0.5) is 5.69 Å². The normalized spacial score (nSPS) is 14.8. The topological polar surface area (TPSA) is 46.6 Å². The van der Waals surface area contributed by atoms with Crippen molar-refractivity contribution in [2.75, 3.05) is 25.2 Å². The van der Waals surface area contributed by atoms with Gasteiger partial charge >= 0.3 is 0 Å². The van der Waals surface area contributed by atoms with E-state index in [1.165, 1.54) is 7.11 Å². The summed E-state index contributed by atoms with van der Waals surface area (Å²) in [6.45, 7) is 0.487. The fourth-order valence-corrected chi connectivity index (χ4v) is 1.87. The quantitative estimate of drug-likeness (QED) is 0.752. The molecule has 0 fully saturated rings. The summed E-state index contributed by atoms with van der Waals surface area (Å²) < 4.78 is 4.82. The van der Waals surface area contributed by atoms with Gasteiger partial charge in [0.15, 0.2) is 5.78 Å². The second-order valence-corrected chi connectivity index (χ2v) is 3.67. The number of ether oxygens (including phenoxy) is 1. The van der Waals surface area contributed by atoms with E-state index < -0.39 is 0 Å². The predicted octanol–water partition coefficient (Wildman–Crippen LogP) is 1.25. The molecule has 16 heavy (non-hydrogen) atoms. The molecule has 84 valence electrons. The molecule has 0 saturated heterocycles. The molecule has 4 nitrogen and oxygen atoms in total. The predicted molar refractivity (Wildman–Crippen MR) is 59.6 cm³/mol. The van der Waals surface area contributed by atoms with Crippen LogP contribution in [0.5, 0.6) is 0 Å². The summed E-state index contributed by atoms with van der Waals surface area (Å²) in [5.74, 6) is -0.0143. The number of benzene rings is 1. The summed E-state index contributed by atoms with van der Waals surface area (Å²) in [4.78, 5) is 25.0. The Bertz CT molecular complexity index is 428. The average Bonchev–Trinajstić information content (AvgIpc) is 2.30. The Balaban J connectivity index is 2.34. The number of Topliss-reactive ketones (excluding diaryl/α,β-unsaturated/α-hetero) is 1. The first kappa shape index (κ1) is 10.8. The minimum absolute atomic E-state index is 0.0442. The highest BCUT2D eigenvalue weighted by atomic mass is 16.5. The molecule has 0 N–H and O–H groups in total. The Labute approximate surface area is 93.8 Å². The lowest BCUT2D eigenvalue weighted by atomic mass is 10.0. The number of anilines is 1. The van der Waals surface area contributed by atoms with E-state index in [1.54, 1.807) is 23.1 Å². The standard InChI is InChI=1S/C12H13NO3/c1-16-8-12(15)13-7-6-11(14)9-4-2-3-5-10(9)13/h2-5H,6-8H2,1H3. The summed E-state index contributed by atoms with van der Waals surface area (Å²) >= 11 is 0. The Morgan fingerprint density at radius 3 is 2.94 bits per heavy atom. The molecular formula is C12H13NO3. The van der Waals surface area contributed by atoms with E-state index in [0.29, 0.717) is 24.2 Å². The highest BCUT2D eigenvalue weighted by Crippen LogP contribution is 2.26. The van der Waals surface area contributed by atoms with Crippen LogP contribution in [0.1, 0.15) is 16.8 Å². The third-order valence-electron chi connectivity index (χ3n) is 2.63. The Morgan fingerprint density at radius 2 is 2.19 bits per heavy atom. The van der Waals surface area contributed by atoms with Crippen LogP contribution in [-0.2, 0) is 9.53 Å². The highest BCUT2D eigenvalue weighted by Gasteiger charge is 2.26. The van der Waals surface area contributed by atoms with Gasteiger partial charge in [0.05, 0.1) is 5.69 Å². The van der Waals surface area contributed by atoms with Gasteiger partial charge in [0.1, 0.15) is 6.61 Å². The van der Waals surface area contributed by atoms with Crippen molar-refractivity contribution in [3.63, 3.8) is 0 Å². The zero-order valence-corrected chi connectivity index (χ0v) is 9.10. The maximum Gasteiger partial charge on any atom is 0.252 e. The maximum atomic E-state index is 11.8. The molecule has 0 unspecified atom stereocenters. The van der Waals surface area contributed by atoms with E-state index in [1.807, 2.05) is 6.07 Å². The van der Waals surface area contributed by atoms with Crippen LogP contribution in [0, 0.1) is 0 Å². The molecule has 0 spiro atoms. The Hall–Kier alpha value is -1.68. The maximum absolute atomic E-state index is 11.8. The van der Waals surface area contributed by atoms with Gasteiger partial charge in [-0.15, -0.1) is 0 Å². The number of rotatable bonds is 2. The fraction of sp³-hybridized carbons (Fsp3) is 0.333. The number of hydrogen-bond acceptors (Lipinski definition) is 3. The lowest BCUT2D eigenvalue weighted by Crippen LogP contribution is -2.39. The van der Waals surface area contributed by atoms with E-state index in [4.69, 9.17) is 4.74 Å². The molecule has 0 aromatic heterocycles. The number of nitrogens with zero attached hydrogens (tertiary/aromatic N) is 1. The van der Waals surface area contributed by atoms with E-state index in [9.17, 15) is 9.59 Å². The smallest absolute Gasteiger partial charge is 0.252 e. The molecule has 1 heterocycles. The van der Waals surface area contributed by atoms with Crippen LogP contribution in [0.3, 0.4) is 0 Å². The number of amides is 1. The third kappa shape index (κ3) is 1.84. The van der Waals surface area contributed by atoms with Crippen molar-refractivity contribution in [2.24, 2.45) is 0 Å². The molecular weight excluding hydrogens is 206 g/mol. The van der Waals surface area contributed by atoms with Gasteiger partial charge in [0.25, 0.3) is 5.91 Å². The number of carbonyl (C=O) groups is 2. The van der Waals surface area contributed by atoms with Gasteiger partial charge in [-0.3, -0.25) is 9.59 Å². The van der Waals surface area contributed by atoms with Gasteiger partial charge in [-0.25, -0.2) is 0 Å². The molecule has 1 aliphatic rings. The third-order valence-corrected chi connectivity index (χ3v) is 2.63. The van der Waals surface area contributed by atoms with Crippen LogP contribution >= 0.6 is 0 Å². The number of hydrogen-bond donors (Lipinski definition) is 0. The van der Waals surface area contributed by atoms with E-state index in [0.717, 1.165) is 0 Å². The molecule has 0 aliphatic carbocycles. The molecule has 1 aromatic carbocycles. The van der Waals surface area contributed by atoms with Gasteiger partial charge < -0.3 is 9.64 Å². The van der Waals surface area contributed by atoms with E-state index >= 15 is 0 Å². The molecule has 1 aromatic rings. The second kappa shape index (κ2) is 4.45. The molecule has 0 saturated carbocycles. The summed E-state index contributed by atoms with van der Waals surface area (Å²) in [6.07, 6.45) is 0.381. The molecule has 1 amide bonds. The van der Waals surface area contributed by atoms with Crippen molar-refractivity contribution < 1.29 is 14.3 Å². The van der Waals surface area contributed by atoms with Gasteiger partial charge in [-0.1, -0.05) is 12.1 Å². The monoisotopic (exact) mass is 219 g/mol. The molecule has 4 heteroatoms. The van der Waals surface area contributed by atoms with Crippen LogP contribution in [0.25, 0.3) is 0 Å². The minimum Gasteiger partial charge on any atom is -0.375 e. The minimum atomic E-state index is -0.109. The number of methoxy groups -OCH3 is 1. The second-order valence-electron chi connectivity index (χ2n) is 3.67. The molecule has 2 rings (SSSR count). The first-order valence-electron chi connectivity index (χ1n) is 5.15. The van der Waals surface area contributed by atoms with E-state index in [2.05, 4.69) is 0 Å². The van der Waals surface area contributed by atoms with Crippen LogP contribution in [0.2, 0.25) is 0 Å². The molecule has 1 aliphatic heterocycles. The van der Waals surface area contributed by atoms with Crippen molar-refractivity contribution >= 4 is 17.4 Å². The lowest BCUT2D eigenvalue weighted by Gasteiger charge is -2.28. The highest BCUT2D eigenvalue weighted by molar-refractivity contribution is 6.08. The largest absolute Gasteiger partial charge is 0.375 e. The van der Waals surface area contributed by atoms with E-state index in [-0.39, 0.29) is 18.3 Å². The number of para-hydroxylation sites is 1. The van der Waals surface area contributed by atoms with Crippen molar-refractivity contribution in [1.82, 2.24) is 0 Å². The first-order valence-corrected chi connectivity index (χ1v) is 5.15. The van der Waals surface area contributed by atoms with Crippen LogP contribution in [-0.4, -0.2) is 32.0 Å². The summed E-state index contributed by atoms with van der Waals surface area (Å²) in [5.41, 5.74) is 1.32. The molecule has 0 radical (unpaired) electrons. The number of ketones is 1. The van der Waals surface area contributed by atoms with Crippen LogP contribution < -0.4 is 4.90 Å². The van der Waals surface area contributed by atoms with Gasteiger partial charge in [-0.05, 0) is 12.1 Å². The Kier molecular flexibility index (Phi) is 3.01. The summed E-state index contributed by atoms with van der Waals surface area (Å²) in [7, 11) is 1.49.